The van der Waals surface area contributed by atoms with Crippen LogP contribution in [0.25, 0.3) is 16.9 Å². The van der Waals surface area contributed by atoms with Crippen LogP contribution in [-0.4, -0.2) is 14.9 Å². The molecule has 3 aromatic rings. The third kappa shape index (κ3) is 2.15. The van der Waals surface area contributed by atoms with E-state index in [1.165, 1.54) is 0 Å². The highest BCUT2D eigenvalue weighted by Gasteiger charge is 2.08. The smallest absolute Gasteiger partial charge is 0.127 e. The number of para-hydroxylation sites is 1. The molecule has 0 aliphatic rings. The Kier molecular flexibility index (Phi) is 2.68. The van der Waals surface area contributed by atoms with Crippen molar-refractivity contribution in [3.8, 4) is 22.7 Å². The third-order valence-corrected chi connectivity index (χ3v) is 2.90. The van der Waals surface area contributed by atoms with Gasteiger partial charge in [-0.1, -0.05) is 18.2 Å². The largest absolute Gasteiger partial charge is 0.508 e. The first-order valence-corrected chi connectivity index (χ1v) is 5.94. The summed E-state index contributed by atoms with van der Waals surface area (Å²) in [6, 6.07) is 18.4. The van der Waals surface area contributed by atoms with E-state index < -0.39 is 0 Å². The van der Waals surface area contributed by atoms with Crippen LogP contribution >= 0.6 is 0 Å². The summed E-state index contributed by atoms with van der Waals surface area (Å²) < 4.78 is 1.70. The molecule has 94 valence electrons. The predicted octanol–water partition coefficient (Wildman–Crippen LogP) is 2.83. The zero-order chi connectivity index (χ0) is 13.2. The van der Waals surface area contributed by atoms with Gasteiger partial charge in [-0.3, -0.25) is 0 Å². The first kappa shape index (κ1) is 11.3. The predicted molar refractivity (Wildman–Crippen MR) is 75.1 cm³/mol. The van der Waals surface area contributed by atoms with E-state index in [-0.39, 0.29) is 5.75 Å². The Balaban J connectivity index is 2.04. The fraction of sp³-hybridized carbons (Fsp3) is 0. The molecule has 0 fully saturated rings. The molecule has 0 aliphatic heterocycles. The van der Waals surface area contributed by atoms with Gasteiger partial charge in [-0.15, -0.1) is 0 Å². The van der Waals surface area contributed by atoms with E-state index in [1.807, 2.05) is 48.5 Å². The van der Waals surface area contributed by atoms with E-state index in [0.717, 1.165) is 16.9 Å². The van der Waals surface area contributed by atoms with Crippen LogP contribution in [0.1, 0.15) is 0 Å². The van der Waals surface area contributed by atoms with E-state index in [0.29, 0.717) is 5.82 Å². The fourth-order valence-electron chi connectivity index (χ4n) is 1.94. The van der Waals surface area contributed by atoms with Crippen molar-refractivity contribution in [2.24, 2.45) is 0 Å². The lowest BCUT2D eigenvalue weighted by Crippen LogP contribution is -2.00. The zero-order valence-corrected chi connectivity index (χ0v) is 10.2. The Morgan fingerprint density at radius 1 is 0.947 bits per heavy atom. The molecule has 0 spiro atoms. The van der Waals surface area contributed by atoms with Crippen LogP contribution in [0.4, 0.5) is 5.82 Å². The highest BCUT2D eigenvalue weighted by molar-refractivity contribution is 5.64. The molecule has 0 bridgehead atoms. The number of aromatic hydroxyl groups is 1. The highest BCUT2D eigenvalue weighted by Crippen LogP contribution is 2.24. The monoisotopic (exact) mass is 251 g/mol. The maximum atomic E-state index is 9.29. The van der Waals surface area contributed by atoms with Gasteiger partial charge in [-0.2, -0.15) is 5.10 Å². The maximum Gasteiger partial charge on any atom is 0.127 e. The van der Waals surface area contributed by atoms with Gasteiger partial charge in [0.2, 0.25) is 0 Å². The van der Waals surface area contributed by atoms with Crippen molar-refractivity contribution >= 4 is 5.82 Å². The van der Waals surface area contributed by atoms with Crippen molar-refractivity contribution in [1.82, 2.24) is 9.78 Å². The molecule has 0 amide bonds. The number of nitrogens with two attached hydrogens (primary N) is 1. The van der Waals surface area contributed by atoms with E-state index in [2.05, 4.69) is 5.10 Å². The molecule has 3 N–H and O–H groups in total. The lowest BCUT2D eigenvalue weighted by Gasteiger charge is -2.02. The van der Waals surface area contributed by atoms with Crippen LogP contribution in [0, 0.1) is 0 Å². The molecular formula is C15H13N3O. The number of hydrogen-bond donors (Lipinski definition) is 2. The second-order valence-electron chi connectivity index (χ2n) is 4.25. The topological polar surface area (TPSA) is 64.1 Å². The van der Waals surface area contributed by atoms with Crippen LogP contribution < -0.4 is 5.73 Å². The minimum absolute atomic E-state index is 0.235. The van der Waals surface area contributed by atoms with Crippen LogP contribution in [0.3, 0.4) is 0 Å². The lowest BCUT2D eigenvalue weighted by atomic mass is 10.1. The summed E-state index contributed by atoms with van der Waals surface area (Å²) in [7, 11) is 0. The molecule has 1 aromatic heterocycles. The molecule has 19 heavy (non-hydrogen) atoms. The number of anilines is 1. The molecular weight excluding hydrogens is 238 g/mol. The molecule has 0 atom stereocenters. The number of phenolic OH excluding ortho intramolecular Hbond substituents is 1. The van der Waals surface area contributed by atoms with Gasteiger partial charge >= 0.3 is 0 Å². The number of nitrogen functional groups attached to an aromatic ring is 1. The molecule has 4 heteroatoms. The summed E-state index contributed by atoms with van der Waals surface area (Å²) in [6.07, 6.45) is 0. The van der Waals surface area contributed by atoms with Crippen molar-refractivity contribution in [2.75, 3.05) is 5.73 Å². The first-order chi connectivity index (χ1) is 9.24. The van der Waals surface area contributed by atoms with Crippen molar-refractivity contribution < 1.29 is 5.11 Å². The molecule has 1 heterocycles. The number of aromatic nitrogens is 2. The molecule has 0 radical (unpaired) electrons. The Labute approximate surface area is 110 Å². The number of benzene rings is 2. The second-order valence-corrected chi connectivity index (χ2v) is 4.25. The molecule has 0 aliphatic carbocycles. The number of phenols is 1. The zero-order valence-electron chi connectivity index (χ0n) is 10.2. The van der Waals surface area contributed by atoms with E-state index >= 15 is 0 Å². The summed E-state index contributed by atoms with van der Waals surface area (Å²) in [4.78, 5) is 0. The standard InChI is InChI=1S/C15H13N3O/c16-15-10-14(11-6-8-13(19)9-7-11)17-18(15)12-4-2-1-3-5-12/h1-10,19H,16H2. The molecule has 2 aromatic carbocycles. The highest BCUT2D eigenvalue weighted by atomic mass is 16.3. The van der Waals surface area contributed by atoms with Gasteiger partial charge in [-0.05, 0) is 36.4 Å². The molecule has 0 unspecified atom stereocenters. The number of rotatable bonds is 2. The van der Waals surface area contributed by atoms with E-state index in [9.17, 15) is 5.11 Å². The van der Waals surface area contributed by atoms with Crippen LogP contribution in [0.5, 0.6) is 5.75 Å². The average Bonchev–Trinajstić information content (AvgIpc) is 2.83. The summed E-state index contributed by atoms with van der Waals surface area (Å²) in [5.74, 6) is 0.813. The second kappa shape index (κ2) is 4.49. The van der Waals surface area contributed by atoms with Gasteiger partial charge < -0.3 is 10.8 Å². The number of nitrogens with zero attached hydrogens (tertiary/aromatic N) is 2. The Morgan fingerprint density at radius 2 is 1.63 bits per heavy atom. The van der Waals surface area contributed by atoms with E-state index in [4.69, 9.17) is 5.73 Å². The normalized spacial score (nSPS) is 10.5. The van der Waals surface area contributed by atoms with Gasteiger partial charge in [0.1, 0.15) is 11.6 Å². The first-order valence-electron chi connectivity index (χ1n) is 5.94. The minimum atomic E-state index is 0.235. The van der Waals surface area contributed by atoms with Crippen molar-refractivity contribution in [2.45, 2.75) is 0 Å². The quantitative estimate of drug-likeness (QED) is 0.736. The van der Waals surface area contributed by atoms with Crippen molar-refractivity contribution in [3.63, 3.8) is 0 Å². The fourth-order valence-corrected chi connectivity index (χ4v) is 1.94. The SMILES string of the molecule is Nc1cc(-c2ccc(O)cc2)nn1-c1ccccc1. The number of hydrogen-bond acceptors (Lipinski definition) is 3. The molecule has 4 nitrogen and oxygen atoms in total. The van der Waals surface area contributed by atoms with Crippen LogP contribution in [0.2, 0.25) is 0 Å². The van der Waals surface area contributed by atoms with Gasteiger partial charge in [0.15, 0.2) is 0 Å². The van der Waals surface area contributed by atoms with Crippen molar-refractivity contribution in [3.05, 3.63) is 60.7 Å². The Hall–Kier alpha value is -2.75. The molecule has 0 saturated carbocycles. The van der Waals surface area contributed by atoms with Crippen LogP contribution in [0.15, 0.2) is 60.7 Å². The van der Waals surface area contributed by atoms with Gasteiger partial charge in [0.05, 0.1) is 11.4 Å². The van der Waals surface area contributed by atoms with Crippen molar-refractivity contribution in [1.29, 1.82) is 0 Å². The van der Waals surface area contributed by atoms with E-state index in [1.54, 1.807) is 16.8 Å². The van der Waals surface area contributed by atoms with Gasteiger partial charge in [0.25, 0.3) is 0 Å². The summed E-state index contributed by atoms with van der Waals surface area (Å²) in [5.41, 5.74) is 8.61. The lowest BCUT2D eigenvalue weighted by molar-refractivity contribution is 0.475. The summed E-state index contributed by atoms with van der Waals surface area (Å²) >= 11 is 0. The van der Waals surface area contributed by atoms with Gasteiger partial charge in [-0.25, -0.2) is 4.68 Å². The molecule has 0 saturated heterocycles. The summed E-state index contributed by atoms with van der Waals surface area (Å²) in [6.45, 7) is 0. The Morgan fingerprint density at radius 3 is 2.32 bits per heavy atom. The third-order valence-electron chi connectivity index (χ3n) is 2.90. The average molecular weight is 251 g/mol. The molecule has 3 rings (SSSR count). The Bertz CT molecular complexity index is 687. The summed E-state index contributed by atoms with van der Waals surface area (Å²) in [5, 5.41) is 13.8. The van der Waals surface area contributed by atoms with Gasteiger partial charge in [0, 0.05) is 11.6 Å². The minimum Gasteiger partial charge on any atom is -0.508 e. The van der Waals surface area contributed by atoms with Crippen LogP contribution in [-0.2, 0) is 0 Å². The maximum absolute atomic E-state index is 9.29.